The van der Waals surface area contributed by atoms with E-state index in [1.165, 1.54) is 13.2 Å². The maximum atomic E-state index is 12.2. The fourth-order valence-corrected chi connectivity index (χ4v) is 1.31. The summed E-state index contributed by atoms with van der Waals surface area (Å²) in [6.45, 7) is -0.0666. The molecule has 0 aliphatic carbocycles. The molecule has 0 heterocycles. The van der Waals surface area contributed by atoms with Gasteiger partial charge in [0, 0.05) is 12.7 Å². The van der Waals surface area contributed by atoms with Crippen LogP contribution in [0.2, 0.25) is 5.02 Å². The maximum Gasteiger partial charge on any atom is 0.454 e. The molecule has 3 nitrogen and oxygen atoms in total. The van der Waals surface area contributed by atoms with Crippen LogP contribution >= 0.6 is 11.6 Å². The Kier molecular flexibility index (Phi) is 4.36. The fraction of sp³-hybridized carbons (Fsp3) is 0.300. The Bertz CT molecular complexity index is 418. The standard InChI is InChI=1S/C10H8ClF3O3/c1-16-5-17-6-2-3-7(8(11)4-6)9(15)10(12,13)14/h2-4H,5H2,1H3. The zero-order chi connectivity index (χ0) is 13.1. The van der Waals surface area contributed by atoms with Gasteiger partial charge < -0.3 is 9.47 Å². The van der Waals surface area contributed by atoms with Crippen LogP contribution in [0.1, 0.15) is 10.4 Å². The summed E-state index contributed by atoms with van der Waals surface area (Å²) in [5, 5.41) is -0.319. The van der Waals surface area contributed by atoms with Gasteiger partial charge in [0.2, 0.25) is 0 Å². The molecule has 1 aromatic carbocycles. The third-order valence-corrected chi connectivity index (χ3v) is 2.10. The van der Waals surface area contributed by atoms with Gasteiger partial charge in [-0.3, -0.25) is 4.79 Å². The molecule has 0 spiro atoms. The van der Waals surface area contributed by atoms with Crippen molar-refractivity contribution in [1.29, 1.82) is 0 Å². The van der Waals surface area contributed by atoms with E-state index >= 15 is 0 Å². The van der Waals surface area contributed by atoms with Crippen molar-refractivity contribution in [3.63, 3.8) is 0 Å². The first-order chi connectivity index (χ1) is 7.86. The Morgan fingerprint density at radius 2 is 2.06 bits per heavy atom. The van der Waals surface area contributed by atoms with Crippen LogP contribution in [-0.2, 0) is 4.74 Å². The molecule has 1 aromatic rings. The zero-order valence-electron chi connectivity index (χ0n) is 8.68. The first-order valence-electron chi connectivity index (χ1n) is 4.39. The van der Waals surface area contributed by atoms with Gasteiger partial charge in [-0.05, 0) is 18.2 Å². The lowest BCUT2D eigenvalue weighted by atomic mass is 10.1. The van der Waals surface area contributed by atoms with Crippen molar-refractivity contribution in [3.05, 3.63) is 28.8 Å². The molecule has 0 aliphatic heterocycles. The van der Waals surface area contributed by atoms with Gasteiger partial charge >= 0.3 is 6.18 Å². The molecular formula is C10H8ClF3O3. The molecule has 0 fully saturated rings. The van der Waals surface area contributed by atoms with E-state index < -0.39 is 17.5 Å². The number of Topliss-reactive ketones (excluding diaryl/α,β-unsaturated/α-hetero) is 1. The first kappa shape index (κ1) is 13.8. The van der Waals surface area contributed by atoms with Gasteiger partial charge in [-0.15, -0.1) is 0 Å². The number of halogens is 4. The van der Waals surface area contributed by atoms with Gasteiger partial charge in [0.05, 0.1) is 5.02 Å². The number of rotatable bonds is 4. The van der Waals surface area contributed by atoms with Crippen molar-refractivity contribution in [2.24, 2.45) is 0 Å². The quantitative estimate of drug-likeness (QED) is 0.622. The third-order valence-electron chi connectivity index (χ3n) is 1.79. The molecule has 94 valence electrons. The van der Waals surface area contributed by atoms with Gasteiger partial charge in [0.1, 0.15) is 5.75 Å². The number of carbonyl (C=O) groups excluding carboxylic acids is 1. The highest BCUT2D eigenvalue weighted by Gasteiger charge is 2.40. The third kappa shape index (κ3) is 3.61. The van der Waals surface area contributed by atoms with Crippen LogP contribution in [0.3, 0.4) is 0 Å². The lowest BCUT2D eigenvalue weighted by Gasteiger charge is -2.09. The van der Waals surface area contributed by atoms with Crippen LogP contribution in [0.4, 0.5) is 13.2 Å². The van der Waals surface area contributed by atoms with Crippen molar-refractivity contribution in [2.75, 3.05) is 13.9 Å². The molecule has 0 saturated carbocycles. The molecule has 0 aromatic heterocycles. The number of carbonyl (C=O) groups is 1. The van der Waals surface area contributed by atoms with E-state index in [9.17, 15) is 18.0 Å². The predicted molar refractivity (Wildman–Crippen MR) is 54.3 cm³/mol. The van der Waals surface area contributed by atoms with Crippen molar-refractivity contribution in [2.45, 2.75) is 6.18 Å². The second-order valence-corrected chi connectivity index (χ2v) is 3.43. The Morgan fingerprint density at radius 3 is 2.53 bits per heavy atom. The monoisotopic (exact) mass is 268 g/mol. The highest BCUT2D eigenvalue weighted by Crippen LogP contribution is 2.28. The van der Waals surface area contributed by atoms with E-state index in [-0.39, 0.29) is 17.6 Å². The smallest absolute Gasteiger partial charge is 0.454 e. The molecular weight excluding hydrogens is 261 g/mol. The SMILES string of the molecule is COCOc1ccc(C(=O)C(F)(F)F)c(Cl)c1. The summed E-state index contributed by atoms with van der Waals surface area (Å²) in [6.07, 6.45) is -4.95. The van der Waals surface area contributed by atoms with E-state index in [0.29, 0.717) is 0 Å². The van der Waals surface area contributed by atoms with Crippen LogP contribution in [0.15, 0.2) is 18.2 Å². The Balaban J connectivity index is 2.94. The van der Waals surface area contributed by atoms with Crippen molar-refractivity contribution in [1.82, 2.24) is 0 Å². The molecule has 0 aliphatic rings. The molecule has 0 atom stereocenters. The van der Waals surface area contributed by atoms with E-state index in [0.717, 1.165) is 12.1 Å². The number of alkyl halides is 3. The zero-order valence-corrected chi connectivity index (χ0v) is 9.43. The van der Waals surface area contributed by atoms with Gasteiger partial charge in [-0.25, -0.2) is 0 Å². The molecule has 0 radical (unpaired) electrons. The summed E-state index contributed by atoms with van der Waals surface area (Å²) in [5.41, 5.74) is -0.607. The highest BCUT2D eigenvalue weighted by molar-refractivity contribution is 6.34. The average Bonchev–Trinajstić information content (AvgIpc) is 2.24. The van der Waals surface area contributed by atoms with E-state index in [1.54, 1.807) is 0 Å². The molecule has 0 amide bonds. The van der Waals surface area contributed by atoms with Crippen LogP contribution in [0, 0.1) is 0 Å². The topological polar surface area (TPSA) is 35.5 Å². The predicted octanol–water partition coefficient (Wildman–Crippen LogP) is 3.07. The molecule has 0 N–H and O–H groups in total. The number of hydrogen-bond donors (Lipinski definition) is 0. The minimum atomic E-state index is -4.95. The summed E-state index contributed by atoms with van der Waals surface area (Å²) < 4.78 is 46.0. The summed E-state index contributed by atoms with van der Waals surface area (Å²) in [6, 6.07) is 3.30. The molecule has 0 saturated heterocycles. The van der Waals surface area contributed by atoms with Gasteiger partial charge in [0.25, 0.3) is 5.78 Å². The number of benzene rings is 1. The normalized spacial score (nSPS) is 11.4. The maximum absolute atomic E-state index is 12.2. The summed E-state index contributed by atoms with van der Waals surface area (Å²) in [4.78, 5) is 10.9. The summed E-state index contributed by atoms with van der Waals surface area (Å²) >= 11 is 5.57. The van der Waals surface area contributed by atoms with Crippen molar-refractivity contribution in [3.8, 4) is 5.75 Å². The first-order valence-corrected chi connectivity index (χ1v) is 4.77. The second kappa shape index (κ2) is 5.37. The lowest BCUT2D eigenvalue weighted by Crippen LogP contribution is -2.23. The van der Waals surface area contributed by atoms with E-state index in [4.69, 9.17) is 16.3 Å². The van der Waals surface area contributed by atoms with Crippen molar-refractivity contribution < 1.29 is 27.4 Å². The van der Waals surface area contributed by atoms with Gasteiger partial charge in [-0.1, -0.05) is 11.6 Å². The lowest BCUT2D eigenvalue weighted by molar-refractivity contribution is -0.0885. The summed E-state index contributed by atoms with van der Waals surface area (Å²) in [5.74, 6) is -1.77. The van der Waals surface area contributed by atoms with Crippen LogP contribution < -0.4 is 4.74 Å². The molecule has 17 heavy (non-hydrogen) atoms. The number of ketones is 1. The largest absolute Gasteiger partial charge is 0.468 e. The van der Waals surface area contributed by atoms with Crippen molar-refractivity contribution >= 4 is 17.4 Å². The fourth-order valence-electron chi connectivity index (χ4n) is 1.05. The minimum Gasteiger partial charge on any atom is -0.468 e. The van der Waals surface area contributed by atoms with Crippen LogP contribution in [-0.4, -0.2) is 25.9 Å². The number of hydrogen-bond acceptors (Lipinski definition) is 3. The molecule has 1 rings (SSSR count). The van der Waals surface area contributed by atoms with Crippen LogP contribution in [0.5, 0.6) is 5.75 Å². The Morgan fingerprint density at radius 1 is 1.41 bits per heavy atom. The second-order valence-electron chi connectivity index (χ2n) is 3.02. The van der Waals surface area contributed by atoms with Gasteiger partial charge in [-0.2, -0.15) is 13.2 Å². The van der Waals surface area contributed by atoms with Crippen LogP contribution in [0.25, 0.3) is 0 Å². The minimum absolute atomic E-state index is 0.0666. The number of ether oxygens (including phenoxy) is 2. The molecule has 0 unspecified atom stereocenters. The Hall–Kier alpha value is -1.27. The highest BCUT2D eigenvalue weighted by atomic mass is 35.5. The van der Waals surface area contributed by atoms with E-state index in [1.807, 2.05) is 0 Å². The van der Waals surface area contributed by atoms with Gasteiger partial charge in [0.15, 0.2) is 6.79 Å². The summed E-state index contributed by atoms with van der Waals surface area (Å²) in [7, 11) is 1.39. The van der Waals surface area contributed by atoms with E-state index in [2.05, 4.69) is 4.74 Å². The Labute approximate surface area is 100 Å². The molecule has 0 bridgehead atoms. The average molecular weight is 269 g/mol. The number of methoxy groups -OCH3 is 1. The molecule has 7 heteroatoms.